The largest absolute Gasteiger partial charge is 0.494 e. The van der Waals surface area contributed by atoms with Gasteiger partial charge in [-0.3, -0.25) is 0 Å². The van der Waals surface area contributed by atoms with Gasteiger partial charge in [0.25, 0.3) is 0 Å². The van der Waals surface area contributed by atoms with Crippen LogP contribution in [0.1, 0.15) is 78.1 Å². The fraction of sp³-hybridized carbons (Fsp3) is 0.643. The molecule has 0 bridgehead atoms. The minimum Gasteiger partial charge on any atom is -0.494 e. The summed E-state index contributed by atoms with van der Waals surface area (Å²) in [5.74, 6) is 11.7. The molecule has 0 saturated heterocycles. The summed E-state index contributed by atoms with van der Waals surface area (Å²) in [5.41, 5.74) is 0. The van der Waals surface area contributed by atoms with E-state index in [0.717, 1.165) is 43.0 Å². The standard InChI is InChI=1S/C28H40O2/c1-3-21-29-27-17-19-28(20-18-27)30-22-26-15-13-25(14-16-26)8-6-5-7-24-11-9-23(4-2)10-12-24/h5,7,17-20,23-26H,3-4,9-16,21-22H2,1-2H3. The Morgan fingerprint density at radius 3 is 2.10 bits per heavy atom. The second kappa shape index (κ2) is 12.7. The van der Waals surface area contributed by atoms with E-state index in [1.165, 1.54) is 57.8 Å². The molecule has 1 aromatic rings. The van der Waals surface area contributed by atoms with Crippen LogP contribution in [-0.4, -0.2) is 13.2 Å². The molecule has 0 amide bonds. The minimum absolute atomic E-state index is 0.566. The van der Waals surface area contributed by atoms with Gasteiger partial charge in [-0.25, -0.2) is 0 Å². The fourth-order valence-corrected chi connectivity index (χ4v) is 4.68. The molecule has 1 aromatic carbocycles. The highest BCUT2D eigenvalue weighted by molar-refractivity contribution is 5.31. The van der Waals surface area contributed by atoms with Gasteiger partial charge in [0.15, 0.2) is 0 Å². The van der Waals surface area contributed by atoms with Crippen LogP contribution in [0.25, 0.3) is 0 Å². The molecule has 2 nitrogen and oxygen atoms in total. The third kappa shape index (κ3) is 7.75. The lowest BCUT2D eigenvalue weighted by Gasteiger charge is -2.25. The van der Waals surface area contributed by atoms with Crippen molar-refractivity contribution in [1.29, 1.82) is 0 Å². The number of hydrogen-bond donors (Lipinski definition) is 0. The minimum atomic E-state index is 0.566. The zero-order valence-electron chi connectivity index (χ0n) is 19.1. The average molecular weight is 409 g/mol. The molecule has 0 heterocycles. The van der Waals surface area contributed by atoms with Crippen LogP contribution in [0.5, 0.6) is 11.5 Å². The van der Waals surface area contributed by atoms with Crippen molar-refractivity contribution in [3.8, 4) is 23.3 Å². The molecule has 0 aromatic heterocycles. The highest BCUT2D eigenvalue weighted by atomic mass is 16.5. The van der Waals surface area contributed by atoms with Gasteiger partial charge in [-0.05, 0) is 106 Å². The van der Waals surface area contributed by atoms with Gasteiger partial charge >= 0.3 is 0 Å². The Morgan fingerprint density at radius 2 is 1.47 bits per heavy atom. The van der Waals surface area contributed by atoms with E-state index >= 15 is 0 Å². The Bertz CT molecular complexity index is 678. The van der Waals surface area contributed by atoms with E-state index < -0.39 is 0 Å². The van der Waals surface area contributed by atoms with Crippen molar-refractivity contribution in [2.45, 2.75) is 78.1 Å². The Kier molecular flexibility index (Phi) is 9.68. The molecule has 30 heavy (non-hydrogen) atoms. The first-order valence-corrected chi connectivity index (χ1v) is 12.3. The quantitative estimate of drug-likeness (QED) is 0.416. The van der Waals surface area contributed by atoms with E-state index in [9.17, 15) is 0 Å². The summed E-state index contributed by atoms with van der Waals surface area (Å²) in [4.78, 5) is 0. The molecule has 0 aliphatic heterocycles. The summed E-state index contributed by atoms with van der Waals surface area (Å²) in [6.07, 6.45) is 17.3. The van der Waals surface area contributed by atoms with Gasteiger partial charge in [-0.15, -0.1) is 0 Å². The monoisotopic (exact) mass is 408 g/mol. The first-order chi connectivity index (χ1) is 14.8. The van der Waals surface area contributed by atoms with Gasteiger partial charge in [0.05, 0.1) is 13.2 Å². The number of ether oxygens (including phenoxy) is 2. The lowest BCUT2D eigenvalue weighted by molar-refractivity contribution is 0.196. The van der Waals surface area contributed by atoms with Crippen molar-refractivity contribution in [3.05, 3.63) is 36.4 Å². The maximum Gasteiger partial charge on any atom is 0.119 e. The molecule has 164 valence electrons. The van der Waals surface area contributed by atoms with Crippen molar-refractivity contribution in [2.24, 2.45) is 23.7 Å². The van der Waals surface area contributed by atoms with Crippen LogP contribution in [0, 0.1) is 35.5 Å². The Labute approximate surface area is 184 Å². The van der Waals surface area contributed by atoms with Gasteiger partial charge in [-0.1, -0.05) is 38.2 Å². The average Bonchev–Trinajstić information content (AvgIpc) is 2.81. The lowest BCUT2D eigenvalue weighted by atomic mass is 9.81. The van der Waals surface area contributed by atoms with Gasteiger partial charge in [-0.2, -0.15) is 0 Å². The van der Waals surface area contributed by atoms with Crippen LogP contribution in [0.4, 0.5) is 0 Å². The highest BCUT2D eigenvalue weighted by Crippen LogP contribution is 2.31. The van der Waals surface area contributed by atoms with E-state index in [2.05, 4.69) is 37.8 Å². The molecule has 2 saturated carbocycles. The molecule has 2 aliphatic rings. The van der Waals surface area contributed by atoms with Crippen LogP contribution in [-0.2, 0) is 0 Å². The van der Waals surface area contributed by atoms with Gasteiger partial charge in [0.1, 0.15) is 11.5 Å². The molecule has 0 radical (unpaired) electrons. The molecule has 2 fully saturated rings. The van der Waals surface area contributed by atoms with Crippen molar-refractivity contribution >= 4 is 0 Å². The molecule has 0 N–H and O–H groups in total. The maximum atomic E-state index is 6.02. The smallest absolute Gasteiger partial charge is 0.119 e. The summed E-state index contributed by atoms with van der Waals surface area (Å²) in [6, 6.07) is 8.03. The fourth-order valence-electron chi connectivity index (χ4n) is 4.68. The van der Waals surface area contributed by atoms with E-state index in [4.69, 9.17) is 9.47 Å². The Morgan fingerprint density at radius 1 is 0.833 bits per heavy atom. The summed E-state index contributed by atoms with van der Waals surface area (Å²) in [5, 5.41) is 0. The number of allylic oxidation sites excluding steroid dienone is 2. The zero-order chi connectivity index (χ0) is 21.0. The molecule has 3 rings (SSSR count). The second-order valence-electron chi connectivity index (χ2n) is 9.19. The summed E-state index contributed by atoms with van der Waals surface area (Å²) >= 11 is 0. The molecular formula is C28H40O2. The zero-order valence-corrected chi connectivity index (χ0v) is 19.1. The van der Waals surface area contributed by atoms with Crippen molar-refractivity contribution in [1.82, 2.24) is 0 Å². The predicted molar refractivity (Wildman–Crippen MR) is 126 cm³/mol. The topological polar surface area (TPSA) is 18.5 Å². The van der Waals surface area contributed by atoms with E-state index in [0.29, 0.717) is 11.8 Å². The van der Waals surface area contributed by atoms with Crippen LogP contribution in [0.2, 0.25) is 0 Å². The van der Waals surface area contributed by atoms with Crippen LogP contribution in [0.3, 0.4) is 0 Å². The molecule has 0 spiro atoms. The van der Waals surface area contributed by atoms with E-state index in [1.54, 1.807) is 0 Å². The third-order valence-corrected chi connectivity index (χ3v) is 6.84. The number of rotatable bonds is 8. The highest BCUT2D eigenvalue weighted by Gasteiger charge is 2.20. The van der Waals surface area contributed by atoms with Gasteiger partial charge in [0, 0.05) is 5.92 Å². The Hall–Kier alpha value is -1.88. The molecule has 2 aliphatic carbocycles. The van der Waals surface area contributed by atoms with Crippen LogP contribution in [0.15, 0.2) is 36.4 Å². The molecular weight excluding hydrogens is 368 g/mol. The van der Waals surface area contributed by atoms with E-state index in [1.807, 2.05) is 24.3 Å². The van der Waals surface area contributed by atoms with Crippen molar-refractivity contribution < 1.29 is 9.47 Å². The van der Waals surface area contributed by atoms with Crippen molar-refractivity contribution in [2.75, 3.05) is 13.2 Å². The molecule has 0 unspecified atom stereocenters. The lowest BCUT2D eigenvalue weighted by Crippen LogP contribution is -2.19. The summed E-state index contributed by atoms with van der Waals surface area (Å²) in [7, 11) is 0. The maximum absolute atomic E-state index is 6.02. The third-order valence-electron chi connectivity index (χ3n) is 6.84. The normalized spacial score (nSPS) is 26.7. The molecule has 2 heteroatoms. The molecule has 0 atom stereocenters. The van der Waals surface area contributed by atoms with Gasteiger partial charge in [0.2, 0.25) is 0 Å². The number of hydrogen-bond acceptors (Lipinski definition) is 2. The van der Waals surface area contributed by atoms with Crippen molar-refractivity contribution in [3.63, 3.8) is 0 Å². The Balaban J connectivity index is 1.31. The second-order valence-corrected chi connectivity index (χ2v) is 9.19. The van der Waals surface area contributed by atoms with E-state index in [-0.39, 0.29) is 0 Å². The SMILES string of the molecule is CCCOc1ccc(OCC2CCC(C#CC=CC3CCC(CC)CC3)CC2)cc1. The van der Waals surface area contributed by atoms with Gasteiger partial charge < -0.3 is 9.47 Å². The summed E-state index contributed by atoms with van der Waals surface area (Å²) in [6.45, 7) is 6.03. The van der Waals surface area contributed by atoms with Crippen LogP contribution < -0.4 is 9.47 Å². The first kappa shape index (κ1) is 22.8. The van der Waals surface area contributed by atoms with Crippen LogP contribution >= 0.6 is 0 Å². The predicted octanol–water partition coefficient (Wildman–Crippen LogP) is 7.44. The first-order valence-electron chi connectivity index (χ1n) is 12.3. The number of benzene rings is 1. The summed E-state index contributed by atoms with van der Waals surface area (Å²) < 4.78 is 11.6.